The molecule has 4 rings (SSSR count). The van der Waals surface area contributed by atoms with Crippen LogP contribution in [0.4, 0.5) is 5.69 Å². The summed E-state index contributed by atoms with van der Waals surface area (Å²) in [4.78, 5) is 28.5. The monoisotopic (exact) mass is 388 g/mol. The molecule has 3 aromatic rings. The molecule has 0 aliphatic carbocycles. The minimum Gasteiger partial charge on any atom is -0.319 e. The second-order valence-electron chi connectivity index (χ2n) is 6.71. The van der Waals surface area contributed by atoms with E-state index in [-0.39, 0.29) is 11.7 Å². The van der Waals surface area contributed by atoms with Crippen LogP contribution in [0.15, 0.2) is 83.8 Å². The summed E-state index contributed by atoms with van der Waals surface area (Å²) >= 11 is 1.55. The van der Waals surface area contributed by atoms with E-state index in [1.54, 1.807) is 28.8 Å². The van der Waals surface area contributed by atoms with Crippen LogP contribution in [0.3, 0.4) is 0 Å². The molecule has 0 aromatic heterocycles. The van der Waals surface area contributed by atoms with Gasteiger partial charge in [0.15, 0.2) is 5.78 Å². The lowest BCUT2D eigenvalue weighted by molar-refractivity contribution is -0.119. The van der Waals surface area contributed by atoms with Gasteiger partial charge in [-0.2, -0.15) is 0 Å². The predicted octanol–water partition coefficient (Wildman–Crippen LogP) is 3.88. The van der Waals surface area contributed by atoms with Crippen molar-refractivity contribution in [3.63, 3.8) is 0 Å². The van der Waals surface area contributed by atoms with Crippen molar-refractivity contribution < 1.29 is 9.59 Å². The molecule has 1 unspecified atom stereocenters. The zero-order valence-corrected chi connectivity index (χ0v) is 16.1. The van der Waals surface area contributed by atoms with Crippen molar-refractivity contribution >= 4 is 29.1 Å². The average Bonchev–Trinajstić information content (AvgIpc) is 2.86. The molecule has 0 saturated carbocycles. The number of thioether (sulfide) groups is 1. The van der Waals surface area contributed by atoms with E-state index in [2.05, 4.69) is 0 Å². The van der Waals surface area contributed by atoms with Gasteiger partial charge in [0, 0.05) is 21.8 Å². The van der Waals surface area contributed by atoms with Gasteiger partial charge in [-0.3, -0.25) is 9.59 Å². The molecular weight excluding hydrogens is 368 g/mol. The molecule has 1 amide bonds. The zero-order valence-electron chi connectivity index (χ0n) is 15.2. The second kappa shape index (κ2) is 8.00. The predicted molar refractivity (Wildman–Crippen MR) is 113 cm³/mol. The number of hydrogen-bond acceptors (Lipinski definition) is 4. The lowest BCUT2D eigenvalue weighted by Gasteiger charge is -2.25. The van der Waals surface area contributed by atoms with Crippen molar-refractivity contribution in [2.45, 2.75) is 17.5 Å². The van der Waals surface area contributed by atoms with E-state index in [0.29, 0.717) is 23.4 Å². The third-order valence-corrected chi connectivity index (χ3v) is 5.92. The first kappa shape index (κ1) is 18.5. The maximum Gasteiger partial charge on any atom is 0.245 e. The first-order valence-corrected chi connectivity index (χ1v) is 10.1. The second-order valence-corrected chi connectivity index (χ2v) is 7.77. The van der Waals surface area contributed by atoms with E-state index >= 15 is 0 Å². The largest absolute Gasteiger partial charge is 0.319 e. The van der Waals surface area contributed by atoms with Crippen molar-refractivity contribution in [1.82, 2.24) is 0 Å². The molecule has 1 heterocycles. The summed E-state index contributed by atoms with van der Waals surface area (Å²) in [6, 6.07) is 23.9. The molecule has 1 aliphatic heterocycles. The third kappa shape index (κ3) is 3.72. The Bertz CT molecular complexity index is 1010. The van der Waals surface area contributed by atoms with Gasteiger partial charge >= 0.3 is 0 Å². The Hall–Kier alpha value is -2.89. The van der Waals surface area contributed by atoms with Gasteiger partial charge < -0.3 is 10.6 Å². The Morgan fingerprint density at radius 2 is 1.64 bits per heavy atom. The van der Waals surface area contributed by atoms with Crippen molar-refractivity contribution in [3.05, 3.63) is 95.6 Å². The Kier molecular flexibility index (Phi) is 5.28. The third-order valence-electron chi connectivity index (χ3n) is 4.73. The molecule has 5 heteroatoms. The Balaban J connectivity index is 1.75. The molecule has 140 valence electrons. The molecule has 2 N–H and O–H groups in total. The summed E-state index contributed by atoms with van der Waals surface area (Å²) in [5, 5.41) is 0. The molecule has 1 aliphatic rings. The lowest BCUT2D eigenvalue weighted by atomic mass is 10.0. The van der Waals surface area contributed by atoms with Crippen LogP contribution in [-0.2, 0) is 11.3 Å². The Morgan fingerprint density at radius 1 is 0.964 bits per heavy atom. The van der Waals surface area contributed by atoms with Gasteiger partial charge in [0.05, 0.1) is 18.3 Å². The topological polar surface area (TPSA) is 63.4 Å². The summed E-state index contributed by atoms with van der Waals surface area (Å²) in [5.41, 5.74) is 9.06. The van der Waals surface area contributed by atoms with Gasteiger partial charge in [-0.25, -0.2) is 0 Å². The molecule has 0 fully saturated rings. The number of rotatable bonds is 4. The molecule has 28 heavy (non-hydrogen) atoms. The zero-order chi connectivity index (χ0) is 19.5. The molecule has 3 aromatic carbocycles. The fraction of sp³-hybridized carbons (Fsp3) is 0.130. The fourth-order valence-electron chi connectivity index (χ4n) is 3.25. The Morgan fingerprint density at radius 3 is 2.36 bits per heavy atom. The van der Waals surface area contributed by atoms with E-state index in [0.717, 1.165) is 16.1 Å². The van der Waals surface area contributed by atoms with Gasteiger partial charge in [-0.05, 0) is 23.8 Å². The maximum atomic E-state index is 13.0. The van der Waals surface area contributed by atoms with Crippen LogP contribution in [0.2, 0.25) is 0 Å². The first-order chi connectivity index (χ1) is 13.6. The van der Waals surface area contributed by atoms with Crippen LogP contribution in [-0.4, -0.2) is 23.5 Å². The number of ketones is 1. The molecule has 0 spiro atoms. The van der Waals surface area contributed by atoms with Crippen molar-refractivity contribution in [1.29, 1.82) is 0 Å². The number of fused-ring (bicyclic) bond motifs is 1. The highest BCUT2D eigenvalue weighted by Crippen LogP contribution is 2.36. The fourth-order valence-corrected chi connectivity index (χ4v) is 4.23. The van der Waals surface area contributed by atoms with Gasteiger partial charge in [-0.1, -0.05) is 60.7 Å². The molecule has 1 atom stereocenters. The number of carbonyl (C=O) groups excluding carboxylic acids is 2. The number of hydrogen-bond donors (Lipinski definition) is 1. The van der Waals surface area contributed by atoms with Crippen LogP contribution in [0.5, 0.6) is 0 Å². The molecular formula is C23H20N2O2S. The summed E-state index contributed by atoms with van der Waals surface area (Å²) in [5.74, 6) is 0.330. The number of nitrogens with zero attached hydrogens (tertiary/aromatic N) is 1. The summed E-state index contributed by atoms with van der Waals surface area (Å²) in [6.45, 7) is 0.421. The van der Waals surface area contributed by atoms with Gasteiger partial charge in [0.25, 0.3) is 0 Å². The van der Waals surface area contributed by atoms with Crippen LogP contribution in [0.1, 0.15) is 21.5 Å². The summed E-state index contributed by atoms with van der Waals surface area (Å²) in [6.07, 6.45) is 0. The van der Waals surface area contributed by atoms with Crippen LogP contribution >= 0.6 is 11.8 Å². The van der Waals surface area contributed by atoms with Gasteiger partial charge in [0.2, 0.25) is 5.91 Å². The SMILES string of the molecule is NC1CSc2ccc(C(=O)c3ccccc3)cc2N(Cc2ccccc2)C1=O. The van der Waals surface area contributed by atoms with Gasteiger partial charge in [-0.15, -0.1) is 11.8 Å². The van der Waals surface area contributed by atoms with Crippen molar-refractivity contribution in [2.24, 2.45) is 5.73 Å². The number of amides is 1. The first-order valence-electron chi connectivity index (χ1n) is 9.11. The molecule has 0 radical (unpaired) electrons. The highest BCUT2D eigenvalue weighted by molar-refractivity contribution is 7.99. The highest BCUT2D eigenvalue weighted by Gasteiger charge is 2.29. The van der Waals surface area contributed by atoms with Crippen LogP contribution in [0.25, 0.3) is 0 Å². The highest BCUT2D eigenvalue weighted by atomic mass is 32.2. The minimum absolute atomic E-state index is 0.0611. The molecule has 4 nitrogen and oxygen atoms in total. The normalized spacial score (nSPS) is 16.4. The summed E-state index contributed by atoms with van der Waals surface area (Å²) < 4.78 is 0. The van der Waals surface area contributed by atoms with E-state index in [4.69, 9.17) is 5.73 Å². The van der Waals surface area contributed by atoms with E-state index in [9.17, 15) is 9.59 Å². The van der Waals surface area contributed by atoms with Crippen LogP contribution in [0, 0.1) is 0 Å². The maximum absolute atomic E-state index is 13.0. The molecule has 0 saturated heterocycles. The minimum atomic E-state index is -0.575. The standard InChI is InChI=1S/C23H20N2O2S/c24-19-15-28-21-12-11-18(22(26)17-9-5-2-6-10-17)13-20(21)25(23(19)27)14-16-7-3-1-4-8-16/h1-13,19H,14-15,24H2. The van der Waals surface area contributed by atoms with Crippen LogP contribution < -0.4 is 10.6 Å². The smallest absolute Gasteiger partial charge is 0.245 e. The van der Waals surface area contributed by atoms with Crippen molar-refractivity contribution in [3.8, 4) is 0 Å². The number of benzene rings is 3. The number of nitrogens with two attached hydrogens (primary N) is 1. The van der Waals surface area contributed by atoms with E-state index in [1.807, 2.05) is 66.7 Å². The van der Waals surface area contributed by atoms with E-state index in [1.165, 1.54) is 0 Å². The van der Waals surface area contributed by atoms with Crippen molar-refractivity contribution in [2.75, 3.05) is 10.7 Å². The van der Waals surface area contributed by atoms with E-state index < -0.39 is 6.04 Å². The molecule has 0 bridgehead atoms. The Labute approximate surface area is 168 Å². The number of anilines is 1. The quantitative estimate of drug-likeness (QED) is 0.689. The van der Waals surface area contributed by atoms with Gasteiger partial charge in [0.1, 0.15) is 0 Å². The summed E-state index contributed by atoms with van der Waals surface area (Å²) in [7, 11) is 0. The number of carbonyl (C=O) groups is 2. The lowest BCUT2D eigenvalue weighted by Crippen LogP contribution is -2.44. The average molecular weight is 388 g/mol.